The Bertz CT molecular complexity index is 396. The molecule has 0 saturated carbocycles. The first-order valence-corrected chi connectivity index (χ1v) is 7.05. The molecule has 0 saturated heterocycles. The highest BCUT2D eigenvalue weighted by molar-refractivity contribution is 6.72. The third-order valence-corrected chi connectivity index (χ3v) is 4.28. The molecule has 0 bridgehead atoms. The lowest BCUT2D eigenvalue weighted by atomic mass is 9.40. The van der Waals surface area contributed by atoms with Crippen LogP contribution in [0.25, 0.3) is 0 Å². The summed E-state index contributed by atoms with van der Waals surface area (Å²) in [5, 5.41) is 9.81. The molecule has 1 atom stereocenters. The van der Waals surface area contributed by atoms with E-state index in [-0.39, 0.29) is 11.5 Å². The lowest BCUT2D eigenvalue weighted by Gasteiger charge is -2.30. The van der Waals surface area contributed by atoms with E-state index in [4.69, 9.17) is 0 Å². The molecule has 0 aliphatic carbocycles. The largest absolute Gasteiger partial charge is 0.393 e. The van der Waals surface area contributed by atoms with Crippen molar-refractivity contribution in [3.63, 3.8) is 0 Å². The van der Waals surface area contributed by atoms with E-state index in [1.165, 1.54) is 16.6 Å². The Labute approximate surface area is 113 Å². The number of hydrogen-bond donors (Lipinski definition) is 1. The summed E-state index contributed by atoms with van der Waals surface area (Å²) < 4.78 is 0. The molecule has 1 aromatic rings. The Hall–Kier alpha value is -0.755. The van der Waals surface area contributed by atoms with Gasteiger partial charge in [0.25, 0.3) is 0 Å². The van der Waals surface area contributed by atoms with Crippen LogP contribution in [0, 0.1) is 12.3 Å². The summed E-state index contributed by atoms with van der Waals surface area (Å²) in [4.78, 5) is 0. The van der Waals surface area contributed by atoms with Gasteiger partial charge in [0, 0.05) is 0 Å². The van der Waals surface area contributed by atoms with E-state index < -0.39 is 0 Å². The first kappa shape index (κ1) is 15.3. The number of hydrogen-bond acceptors (Lipinski definition) is 1. The van der Waals surface area contributed by atoms with E-state index >= 15 is 0 Å². The highest BCUT2D eigenvalue weighted by Crippen LogP contribution is 2.27. The topological polar surface area (TPSA) is 20.2 Å². The van der Waals surface area contributed by atoms with E-state index in [0.717, 1.165) is 12.7 Å². The standard InChI is InChI=1S/C16H27BO/c1-7-14-8-9-15(10-12(14)2)17(6)11-16(4,5)13(3)18/h8-10,13,18H,7,11H2,1-6H3. The number of rotatable bonds is 5. The average molecular weight is 246 g/mol. The summed E-state index contributed by atoms with van der Waals surface area (Å²) in [6, 6.07) is 6.80. The van der Waals surface area contributed by atoms with E-state index in [9.17, 15) is 5.11 Å². The van der Waals surface area contributed by atoms with Crippen LogP contribution in [0.1, 0.15) is 38.8 Å². The van der Waals surface area contributed by atoms with Gasteiger partial charge >= 0.3 is 0 Å². The summed E-state index contributed by atoms with van der Waals surface area (Å²) in [5.41, 5.74) is 4.17. The van der Waals surface area contributed by atoms with Crippen LogP contribution in [0.5, 0.6) is 0 Å². The number of aryl methyl sites for hydroxylation is 2. The normalized spacial score (nSPS) is 13.5. The Balaban J connectivity index is 2.85. The Morgan fingerprint density at radius 1 is 1.33 bits per heavy atom. The van der Waals surface area contributed by atoms with Gasteiger partial charge in [-0.15, -0.1) is 0 Å². The van der Waals surface area contributed by atoms with Crippen molar-refractivity contribution < 1.29 is 5.11 Å². The molecule has 1 rings (SSSR count). The Morgan fingerprint density at radius 3 is 2.39 bits per heavy atom. The van der Waals surface area contributed by atoms with Crippen LogP contribution in [0.4, 0.5) is 0 Å². The lowest BCUT2D eigenvalue weighted by Crippen LogP contribution is -2.37. The van der Waals surface area contributed by atoms with Gasteiger partial charge in [-0.25, -0.2) is 0 Å². The highest BCUT2D eigenvalue weighted by atomic mass is 16.3. The number of benzene rings is 1. The third-order valence-electron chi connectivity index (χ3n) is 4.28. The van der Waals surface area contributed by atoms with Crippen LogP contribution in [0.3, 0.4) is 0 Å². The van der Waals surface area contributed by atoms with Crippen molar-refractivity contribution >= 4 is 12.2 Å². The zero-order valence-electron chi connectivity index (χ0n) is 12.7. The van der Waals surface area contributed by atoms with Gasteiger partial charge in [-0.05, 0) is 36.8 Å². The summed E-state index contributed by atoms with van der Waals surface area (Å²) >= 11 is 0. The first-order valence-electron chi connectivity index (χ1n) is 7.05. The van der Waals surface area contributed by atoms with Crippen molar-refractivity contribution in [3.05, 3.63) is 29.3 Å². The van der Waals surface area contributed by atoms with Crippen molar-refractivity contribution in [2.75, 3.05) is 0 Å². The number of aliphatic hydroxyl groups is 1. The van der Waals surface area contributed by atoms with Crippen LogP contribution in [-0.2, 0) is 6.42 Å². The molecule has 1 unspecified atom stereocenters. The minimum atomic E-state index is -0.268. The summed E-state index contributed by atoms with van der Waals surface area (Å²) in [5.74, 6) is 0. The molecule has 0 radical (unpaired) electrons. The second kappa shape index (κ2) is 5.92. The monoisotopic (exact) mass is 246 g/mol. The molecule has 0 heterocycles. The van der Waals surface area contributed by atoms with Gasteiger partial charge in [0.05, 0.1) is 6.10 Å². The zero-order valence-corrected chi connectivity index (χ0v) is 12.7. The second-order valence-corrected chi connectivity index (χ2v) is 6.31. The van der Waals surface area contributed by atoms with Gasteiger partial charge in [-0.3, -0.25) is 0 Å². The fraction of sp³-hybridized carbons (Fsp3) is 0.625. The Morgan fingerprint density at radius 2 is 1.94 bits per heavy atom. The van der Waals surface area contributed by atoms with Crippen LogP contribution in [0.2, 0.25) is 13.1 Å². The highest BCUT2D eigenvalue weighted by Gasteiger charge is 2.28. The summed E-state index contributed by atoms with van der Waals surface area (Å²) in [6.45, 7) is 13.3. The first-order chi connectivity index (χ1) is 8.27. The van der Waals surface area contributed by atoms with Gasteiger partial charge in [0.15, 0.2) is 6.71 Å². The fourth-order valence-electron chi connectivity index (χ4n) is 2.50. The van der Waals surface area contributed by atoms with E-state index in [0.29, 0.717) is 6.71 Å². The van der Waals surface area contributed by atoms with Gasteiger partial charge in [0.1, 0.15) is 0 Å². The molecule has 0 aliphatic rings. The molecular weight excluding hydrogens is 219 g/mol. The number of aliphatic hydroxyl groups excluding tert-OH is 1. The molecular formula is C16H27BO. The maximum atomic E-state index is 9.81. The lowest BCUT2D eigenvalue weighted by molar-refractivity contribution is 0.0798. The molecule has 2 heteroatoms. The molecule has 0 amide bonds. The molecule has 100 valence electrons. The van der Waals surface area contributed by atoms with Crippen molar-refractivity contribution in [1.29, 1.82) is 0 Å². The van der Waals surface area contributed by atoms with E-state index in [2.05, 4.69) is 52.7 Å². The molecule has 18 heavy (non-hydrogen) atoms. The molecule has 1 N–H and O–H groups in total. The molecule has 0 aromatic heterocycles. The predicted octanol–water partition coefficient (Wildman–Crippen LogP) is 3.30. The fourth-order valence-corrected chi connectivity index (χ4v) is 2.50. The molecule has 0 spiro atoms. The minimum Gasteiger partial charge on any atom is -0.393 e. The summed E-state index contributed by atoms with van der Waals surface area (Å²) in [6.07, 6.45) is 1.84. The predicted molar refractivity (Wildman–Crippen MR) is 82.1 cm³/mol. The zero-order chi connectivity index (χ0) is 13.9. The quantitative estimate of drug-likeness (QED) is 0.790. The van der Waals surface area contributed by atoms with Crippen LogP contribution in [-0.4, -0.2) is 17.9 Å². The van der Waals surface area contributed by atoms with Crippen molar-refractivity contribution in [1.82, 2.24) is 0 Å². The van der Waals surface area contributed by atoms with Gasteiger partial charge in [-0.1, -0.05) is 57.6 Å². The van der Waals surface area contributed by atoms with Crippen LogP contribution < -0.4 is 5.46 Å². The van der Waals surface area contributed by atoms with Crippen molar-refractivity contribution in [2.45, 2.75) is 60.3 Å². The maximum absolute atomic E-state index is 9.81. The molecule has 1 aromatic carbocycles. The molecule has 0 aliphatic heterocycles. The third kappa shape index (κ3) is 3.62. The smallest absolute Gasteiger partial charge is 0.173 e. The molecule has 1 nitrogen and oxygen atoms in total. The second-order valence-electron chi connectivity index (χ2n) is 6.31. The van der Waals surface area contributed by atoms with Gasteiger partial charge < -0.3 is 5.11 Å². The van der Waals surface area contributed by atoms with Gasteiger partial charge in [0.2, 0.25) is 0 Å². The maximum Gasteiger partial charge on any atom is 0.173 e. The SMILES string of the molecule is CCc1ccc(B(C)CC(C)(C)C(C)O)cc1C. The Kier molecular flexibility index (Phi) is 5.04. The molecule has 0 fully saturated rings. The van der Waals surface area contributed by atoms with Crippen LogP contribution >= 0.6 is 0 Å². The van der Waals surface area contributed by atoms with E-state index in [1.54, 1.807) is 0 Å². The summed E-state index contributed by atoms with van der Waals surface area (Å²) in [7, 11) is 0. The average Bonchev–Trinajstić information content (AvgIpc) is 2.28. The van der Waals surface area contributed by atoms with Gasteiger partial charge in [-0.2, -0.15) is 0 Å². The minimum absolute atomic E-state index is 0.0310. The van der Waals surface area contributed by atoms with Crippen LogP contribution in [0.15, 0.2) is 18.2 Å². The van der Waals surface area contributed by atoms with Crippen molar-refractivity contribution in [2.24, 2.45) is 5.41 Å². The van der Waals surface area contributed by atoms with E-state index in [1.807, 2.05) is 6.92 Å². The van der Waals surface area contributed by atoms with Crippen molar-refractivity contribution in [3.8, 4) is 0 Å².